The van der Waals surface area contributed by atoms with Crippen LogP contribution in [-0.4, -0.2) is 11.5 Å². The second kappa shape index (κ2) is 7.56. The van der Waals surface area contributed by atoms with E-state index in [1.165, 1.54) is 16.0 Å². The molecule has 0 bridgehead atoms. The molecule has 102 valence electrons. The summed E-state index contributed by atoms with van der Waals surface area (Å²) >= 11 is 3.72. The van der Waals surface area contributed by atoms with Gasteiger partial charge in [-0.3, -0.25) is 0 Å². The Morgan fingerprint density at radius 1 is 1.26 bits per heavy atom. The topological polar surface area (TPSA) is 24.9 Å². The van der Waals surface area contributed by atoms with Crippen LogP contribution < -0.4 is 5.32 Å². The van der Waals surface area contributed by atoms with Gasteiger partial charge in [-0.05, 0) is 24.5 Å². The zero-order valence-electron chi connectivity index (χ0n) is 11.5. The Morgan fingerprint density at radius 2 is 2.11 bits per heavy atom. The first-order valence-electron chi connectivity index (χ1n) is 6.60. The lowest BCUT2D eigenvalue weighted by Gasteiger charge is -2.04. The van der Waals surface area contributed by atoms with Crippen LogP contribution in [0.25, 0.3) is 0 Å². The molecule has 2 rings (SSSR count). The maximum absolute atomic E-state index is 4.39. The van der Waals surface area contributed by atoms with E-state index in [2.05, 4.69) is 48.4 Å². The van der Waals surface area contributed by atoms with Crippen LogP contribution >= 0.6 is 23.1 Å². The summed E-state index contributed by atoms with van der Waals surface area (Å²) in [4.78, 5) is 5.74. The molecular weight excluding hydrogens is 272 g/mol. The minimum Gasteiger partial charge on any atom is -0.362 e. The first kappa shape index (κ1) is 14.4. The molecule has 1 N–H and O–H groups in total. The molecule has 0 spiro atoms. The van der Waals surface area contributed by atoms with Gasteiger partial charge in [0.15, 0.2) is 5.13 Å². The van der Waals surface area contributed by atoms with Crippen molar-refractivity contribution in [3.8, 4) is 0 Å². The van der Waals surface area contributed by atoms with E-state index in [1.54, 1.807) is 11.3 Å². The molecule has 1 aromatic heterocycles. The van der Waals surface area contributed by atoms with Crippen molar-refractivity contribution >= 4 is 28.2 Å². The maximum atomic E-state index is 4.39. The monoisotopic (exact) mass is 292 g/mol. The minimum absolute atomic E-state index is 1.00. The van der Waals surface area contributed by atoms with E-state index in [-0.39, 0.29) is 0 Å². The largest absolute Gasteiger partial charge is 0.362 e. The molecule has 4 heteroatoms. The third-order valence-corrected chi connectivity index (χ3v) is 5.01. The highest BCUT2D eigenvalue weighted by Crippen LogP contribution is 2.25. The van der Waals surface area contributed by atoms with Crippen molar-refractivity contribution in [3.63, 3.8) is 0 Å². The van der Waals surface area contributed by atoms with Gasteiger partial charge in [0.2, 0.25) is 0 Å². The summed E-state index contributed by atoms with van der Waals surface area (Å²) in [5.41, 5.74) is 2.81. The highest BCUT2D eigenvalue weighted by molar-refractivity contribution is 7.97. The standard InChI is InChI=1S/C15H20N2S2/c1-3-8-16-15-17-9-14(19-15)11-18-10-13-7-5-4-6-12(13)2/h4-7,9H,3,8,10-11H2,1-2H3,(H,16,17). The van der Waals surface area contributed by atoms with Crippen LogP contribution in [0.3, 0.4) is 0 Å². The van der Waals surface area contributed by atoms with Gasteiger partial charge in [-0.2, -0.15) is 11.8 Å². The van der Waals surface area contributed by atoms with Crippen LogP contribution in [0.2, 0.25) is 0 Å². The zero-order valence-corrected chi connectivity index (χ0v) is 13.1. The lowest BCUT2D eigenvalue weighted by Crippen LogP contribution is -1.97. The molecule has 0 unspecified atom stereocenters. The summed E-state index contributed by atoms with van der Waals surface area (Å²) < 4.78 is 0. The number of hydrogen-bond donors (Lipinski definition) is 1. The van der Waals surface area contributed by atoms with Crippen LogP contribution in [0, 0.1) is 6.92 Å². The number of hydrogen-bond acceptors (Lipinski definition) is 4. The zero-order chi connectivity index (χ0) is 13.5. The fourth-order valence-corrected chi connectivity index (χ4v) is 3.76. The number of thiazole rings is 1. The van der Waals surface area contributed by atoms with Crippen molar-refractivity contribution in [2.75, 3.05) is 11.9 Å². The van der Waals surface area contributed by atoms with Crippen molar-refractivity contribution in [3.05, 3.63) is 46.5 Å². The molecule has 2 aromatic rings. The predicted molar refractivity (Wildman–Crippen MR) is 87.1 cm³/mol. The van der Waals surface area contributed by atoms with Gasteiger partial charge in [-0.1, -0.05) is 31.2 Å². The van der Waals surface area contributed by atoms with Gasteiger partial charge in [0.1, 0.15) is 0 Å². The Labute approximate surface area is 123 Å². The van der Waals surface area contributed by atoms with Crippen LogP contribution in [0.15, 0.2) is 30.5 Å². The van der Waals surface area contributed by atoms with E-state index in [0.29, 0.717) is 0 Å². The van der Waals surface area contributed by atoms with Crippen LogP contribution in [0.5, 0.6) is 0 Å². The van der Waals surface area contributed by atoms with E-state index < -0.39 is 0 Å². The summed E-state index contributed by atoms with van der Waals surface area (Å²) in [6.45, 7) is 5.35. The number of aromatic nitrogens is 1. The lowest BCUT2D eigenvalue weighted by atomic mass is 10.1. The molecular formula is C15H20N2S2. The average Bonchev–Trinajstić information content (AvgIpc) is 2.86. The van der Waals surface area contributed by atoms with Crippen LogP contribution in [-0.2, 0) is 11.5 Å². The number of benzene rings is 1. The van der Waals surface area contributed by atoms with Crippen LogP contribution in [0.4, 0.5) is 5.13 Å². The molecule has 0 amide bonds. The maximum Gasteiger partial charge on any atom is 0.182 e. The number of anilines is 1. The molecule has 0 radical (unpaired) electrons. The molecule has 0 fully saturated rings. The smallest absolute Gasteiger partial charge is 0.182 e. The van der Waals surface area contributed by atoms with Crippen molar-refractivity contribution in [2.24, 2.45) is 0 Å². The quantitative estimate of drug-likeness (QED) is 0.800. The number of thioether (sulfide) groups is 1. The Hall–Kier alpha value is -1.00. The average molecular weight is 292 g/mol. The molecule has 1 aromatic carbocycles. The normalized spacial score (nSPS) is 10.6. The van der Waals surface area contributed by atoms with Gasteiger partial charge in [0.05, 0.1) is 0 Å². The molecule has 19 heavy (non-hydrogen) atoms. The Morgan fingerprint density at radius 3 is 2.89 bits per heavy atom. The number of aryl methyl sites for hydroxylation is 1. The number of nitrogens with zero attached hydrogens (tertiary/aromatic N) is 1. The predicted octanol–water partition coefficient (Wildman–Crippen LogP) is 4.71. The van der Waals surface area contributed by atoms with Crippen molar-refractivity contribution in [1.29, 1.82) is 0 Å². The Balaban J connectivity index is 1.79. The minimum atomic E-state index is 1.00. The molecule has 0 aliphatic carbocycles. The van der Waals surface area contributed by atoms with E-state index in [1.807, 2.05) is 18.0 Å². The SMILES string of the molecule is CCCNc1ncc(CSCc2ccccc2C)s1. The Kier molecular flexibility index (Phi) is 5.73. The van der Waals surface area contributed by atoms with E-state index in [9.17, 15) is 0 Å². The van der Waals surface area contributed by atoms with Crippen molar-refractivity contribution in [1.82, 2.24) is 4.98 Å². The summed E-state index contributed by atoms with van der Waals surface area (Å²) in [5, 5.41) is 4.38. The summed E-state index contributed by atoms with van der Waals surface area (Å²) in [6.07, 6.45) is 3.13. The molecule has 2 nitrogen and oxygen atoms in total. The summed E-state index contributed by atoms with van der Waals surface area (Å²) in [5.74, 6) is 2.11. The van der Waals surface area contributed by atoms with Crippen LogP contribution in [0.1, 0.15) is 29.3 Å². The highest BCUT2D eigenvalue weighted by atomic mass is 32.2. The van der Waals surface area contributed by atoms with Crippen molar-refractivity contribution < 1.29 is 0 Å². The first-order chi connectivity index (χ1) is 9.29. The lowest BCUT2D eigenvalue weighted by molar-refractivity contribution is 0.976. The molecule has 0 saturated carbocycles. The molecule has 1 heterocycles. The highest BCUT2D eigenvalue weighted by Gasteiger charge is 2.02. The molecule has 0 atom stereocenters. The van der Waals surface area contributed by atoms with Gasteiger partial charge in [-0.25, -0.2) is 4.98 Å². The number of rotatable bonds is 7. The van der Waals surface area contributed by atoms with Gasteiger partial charge in [-0.15, -0.1) is 11.3 Å². The van der Waals surface area contributed by atoms with Gasteiger partial charge in [0, 0.05) is 29.1 Å². The van der Waals surface area contributed by atoms with Gasteiger partial charge >= 0.3 is 0 Å². The summed E-state index contributed by atoms with van der Waals surface area (Å²) in [6, 6.07) is 8.60. The summed E-state index contributed by atoms with van der Waals surface area (Å²) in [7, 11) is 0. The van der Waals surface area contributed by atoms with E-state index >= 15 is 0 Å². The van der Waals surface area contributed by atoms with E-state index in [4.69, 9.17) is 0 Å². The fourth-order valence-electron chi connectivity index (χ4n) is 1.72. The second-order valence-electron chi connectivity index (χ2n) is 4.48. The molecule has 0 saturated heterocycles. The fraction of sp³-hybridized carbons (Fsp3) is 0.400. The van der Waals surface area contributed by atoms with E-state index in [0.717, 1.165) is 29.6 Å². The third kappa shape index (κ3) is 4.55. The molecule has 0 aliphatic heterocycles. The third-order valence-electron chi connectivity index (χ3n) is 2.84. The second-order valence-corrected chi connectivity index (χ2v) is 6.58. The van der Waals surface area contributed by atoms with Crippen molar-refractivity contribution in [2.45, 2.75) is 31.8 Å². The Bertz CT molecular complexity index is 508. The number of nitrogens with one attached hydrogen (secondary N) is 1. The van der Waals surface area contributed by atoms with Gasteiger partial charge < -0.3 is 5.32 Å². The molecule has 0 aliphatic rings. The first-order valence-corrected chi connectivity index (χ1v) is 8.57. The van der Waals surface area contributed by atoms with Gasteiger partial charge in [0.25, 0.3) is 0 Å².